The molecule has 0 aromatic heterocycles. The number of aliphatic carboxylic acids is 1. The molecule has 2 aromatic rings. The van der Waals surface area contributed by atoms with Gasteiger partial charge in [-0.25, -0.2) is 0 Å². The van der Waals surface area contributed by atoms with Crippen LogP contribution in [0.25, 0.3) is 11.1 Å². The Morgan fingerprint density at radius 3 is 2.33 bits per heavy atom. The van der Waals surface area contributed by atoms with E-state index in [4.69, 9.17) is 0 Å². The van der Waals surface area contributed by atoms with Gasteiger partial charge in [0.1, 0.15) is 0 Å². The highest BCUT2D eigenvalue weighted by molar-refractivity contribution is 5.86. The van der Waals surface area contributed by atoms with E-state index in [-0.39, 0.29) is 5.92 Å². The summed E-state index contributed by atoms with van der Waals surface area (Å²) < 4.78 is 0. The van der Waals surface area contributed by atoms with Gasteiger partial charge in [-0.15, -0.1) is 0 Å². The molecular weight excluding hydrogens is 262 g/mol. The standard InChI is InChI=1S/C18H19NO2/c1-19-12-16-11-18(16,17(20)21)15-9-7-14(8-10-15)13-5-3-2-4-6-13/h2-10,16,19H,11-12H2,1H3,(H,20,21)/t16-,18-/m1/s1. The Morgan fingerprint density at radius 2 is 1.76 bits per heavy atom. The Morgan fingerprint density at radius 1 is 1.14 bits per heavy atom. The maximum atomic E-state index is 11.7. The molecule has 2 atom stereocenters. The van der Waals surface area contributed by atoms with E-state index in [0.29, 0.717) is 6.42 Å². The molecule has 2 aromatic carbocycles. The first-order valence-corrected chi connectivity index (χ1v) is 7.22. The molecule has 1 aliphatic rings. The molecule has 21 heavy (non-hydrogen) atoms. The Kier molecular flexibility index (Phi) is 3.52. The Bertz CT molecular complexity index is 636. The molecule has 0 spiro atoms. The quantitative estimate of drug-likeness (QED) is 0.886. The number of nitrogens with one attached hydrogen (secondary N) is 1. The van der Waals surface area contributed by atoms with E-state index in [1.54, 1.807) is 0 Å². The lowest BCUT2D eigenvalue weighted by Gasteiger charge is -2.14. The summed E-state index contributed by atoms with van der Waals surface area (Å²) in [6, 6.07) is 18.1. The predicted octanol–water partition coefficient (Wildman–Crippen LogP) is 2.92. The monoisotopic (exact) mass is 281 g/mol. The maximum Gasteiger partial charge on any atom is 0.314 e. The summed E-state index contributed by atoms with van der Waals surface area (Å²) in [5.41, 5.74) is 2.48. The minimum atomic E-state index is -0.713. The fraction of sp³-hybridized carbons (Fsp3) is 0.278. The summed E-state index contributed by atoms with van der Waals surface area (Å²) in [6.07, 6.45) is 0.716. The molecule has 0 amide bonds. The van der Waals surface area contributed by atoms with Crippen molar-refractivity contribution in [2.24, 2.45) is 5.92 Å². The van der Waals surface area contributed by atoms with Crippen LogP contribution in [0.4, 0.5) is 0 Å². The van der Waals surface area contributed by atoms with Crippen molar-refractivity contribution >= 4 is 5.97 Å². The van der Waals surface area contributed by atoms with Gasteiger partial charge in [-0.3, -0.25) is 4.79 Å². The molecule has 2 N–H and O–H groups in total. The van der Waals surface area contributed by atoms with Gasteiger partial charge in [0.25, 0.3) is 0 Å². The van der Waals surface area contributed by atoms with Gasteiger partial charge in [0, 0.05) is 0 Å². The summed E-state index contributed by atoms with van der Waals surface area (Å²) >= 11 is 0. The van der Waals surface area contributed by atoms with E-state index in [0.717, 1.165) is 23.2 Å². The SMILES string of the molecule is CNC[C@H]1C[C@@]1(C(=O)O)c1ccc(-c2ccccc2)cc1. The molecular formula is C18H19NO2. The maximum absolute atomic E-state index is 11.7. The minimum Gasteiger partial charge on any atom is -0.481 e. The highest BCUT2D eigenvalue weighted by Gasteiger charge is 2.60. The fourth-order valence-corrected chi connectivity index (χ4v) is 3.15. The number of hydrogen-bond donors (Lipinski definition) is 2. The summed E-state index contributed by atoms with van der Waals surface area (Å²) in [7, 11) is 1.86. The lowest BCUT2D eigenvalue weighted by Crippen LogP contribution is -2.26. The van der Waals surface area contributed by atoms with Gasteiger partial charge >= 0.3 is 5.97 Å². The highest BCUT2D eigenvalue weighted by atomic mass is 16.4. The van der Waals surface area contributed by atoms with Crippen LogP contribution in [-0.4, -0.2) is 24.7 Å². The van der Waals surface area contributed by atoms with Crippen LogP contribution in [0.1, 0.15) is 12.0 Å². The number of rotatable bonds is 5. The average molecular weight is 281 g/mol. The first-order chi connectivity index (χ1) is 10.2. The Labute approximate surface area is 124 Å². The lowest BCUT2D eigenvalue weighted by molar-refractivity contribution is -0.140. The fourth-order valence-electron chi connectivity index (χ4n) is 3.15. The molecule has 3 nitrogen and oxygen atoms in total. The van der Waals surface area contributed by atoms with E-state index in [2.05, 4.69) is 17.4 Å². The largest absolute Gasteiger partial charge is 0.481 e. The van der Waals surface area contributed by atoms with Crippen molar-refractivity contribution in [3.05, 3.63) is 60.2 Å². The molecule has 1 saturated carbocycles. The second-order valence-corrected chi connectivity index (χ2v) is 5.68. The molecule has 1 aliphatic carbocycles. The molecule has 0 unspecified atom stereocenters. The van der Waals surface area contributed by atoms with Gasteiger partial charge in [-0.05, 0) is 42.6 Å². The van der Waals surface area contributed by atoms with Gasteiger partial charge in [-0.1, -0.05) is 54.6 Å². The topological polar surface area (TPSA) is 49.3 Å². The summed E-state index contributed by atoms with van der Waals surface area (Å²) in [5, 5.41) is 12.7. The van der Waals surface area contributed by atoms with E-state index in [1.165, 1.54) is 0 Å². The number of carboxylic acids is 1. The van der Waals surface area contributed by atoms with Gasteiger partial charge < -0.3 is 10.4 Å². The van der Waals surface area contributed by atoms with Crippen molar-refractivity contribution in [3.63, 3.8) is 0 Å². The second-order valence-electron chi connectivity index (χ2n) is 5.68. The first kappa shape index (κ1) is 13.8. The highest BCUT2D eigenvalue weighted by Crippen LogP contribution is 2.54. The molecule has 0 saturated heterocycles. The van der Waals surface area contributed by atoms with Crippen LogP contribution in [-0.2, 0) is 10.2 Å². The lowest BCUT2D eigenvalue weighted by atomic mass is 9.91. The van der Waals surface area contributed by atoms with E-state index < -0.39 is 11.4 Å². The third-order valence-corrected chi connectivity index (χ3v) is 4.44. The van der Waals surface area contributed by atoms with E-state index >= 15 is 0 Å². The van der Waals surface area contributed by atoms with Gasteiger partial charge in [0.05, 0.1) is 5.41 Å². The number of benzene rings is 2. The first-order valence-electron chi connectivity index (χ1n) is 7.22. The van der Waals surface area contributed by atoms with Crippen molar-refractivity contribution in [1.82, 2.24) is 5.32 Å². The van der Waals surface area contributed by atoms with Crippen LogP contribution < -0.4 is 5.32 Å². The number of carboxylic acid groups (broad SMARTS) is 1. The van der Waals surface area contributed by atoms with Gasteiger partial charge in [-0.2, -0.15) is 0 Å². The molecule has 0 radical (unpaired) electrons. The number of carbonyl (C=O) groups is 1. The normalized spacial score (nSPS) is 23.8. The zero-order valence-corrected chi connectivity index (χ0v) is 12.0. The zero-order chi connectivity index (χ0) is 14.9. The molecule has 108 valence electrons. The van der Waals surface area contributed by atoms with Crippen molar-refractivity contribution in [2.45, 2.75) is 11.8 Å². The number of hydrogen-bond acceptors (Lipinski definition) is 2. The summed E-state index contributed by atoms with van der Waals surface area (Å²) in [5.74, 6) is -0.530. The molecule has 3 rings (SSSR count). The van der Waals surface area contributed by atoms with E-state index in [1.807, 2.05) is 49.5 Å². The zero-order valence-electron chi connectivity index (χ0n) is 12.0. The van der Waals surface area contributed by atoms with Crippen LogP contribution in [0.5, 0.6) is 0 Å². The molecule has 3 heteroatoms. The van der Waals surface area contributed by atoms with E-state index in [9.17, 15) is 9.90 Å². The summed E-state index contributed by atoms with van der Waals surface area (Å²) in [6.45, 7) is 0.743. The molecule has 0 bridgehead atoms. The molecule has 0 heterocycles. The second kappa shape index (κ2) is 5.34. The van der Waals surface area contributed by atoms with Crippen LogP contribution in [0, 0.1) is 5.92 Å². The molecule has 0 aliphatic heterocycles. The third kappa shape index (κ3) is 2.34. The smallest absolute Gasteiger partial charge is 0.314 e. The Balaban J connectivity index is 1.89. The van der Waals surface area contributed by atoms with Crippen LogP contribution in [0.15, 0.2) is 54.6 Å². The average Bonchev–Trinajstić information content (AvgIpc) is 3.24. The minimum absolute atomic E-state index is 0.183. The predicted molar refractivity (Wildman–Crippen MR) is 83.2 cm³/mol. The van der Waals surface area contributed by atoms with Gasteiger partial charge in [0.2, 0.25) is 0 Å². The van der Waals surface area contributed by atoms with Crippen molar-refractivity contribution < 1.29 is 9.90 Å². The third-order valence-electron chi connectivity index (χ3n) is 4.44. The van der Waals surface area contributed by atoms with Crippen LogP contribution in [0.3, 0.4) is 0 Å². The summed E-state index contributed by atoms with van der Waals surface area (Å²) in [4.78, 5) is 11.7. The van der Waals surface area contributed by atoms with Crippen LogP contribution >= 0.6 is 0 Å². The Hall–Kier alpha value is -2.13. The van der Waals surface area contributed by atoms with Gasteiger partial charge in [0.15, 0.2) is 0 Å². The van der Waals surface area contributed by atoms with Crippen molar-refractivity contribution in [3.8, 4) is 11.1 Å². The van der Waals surface area contributed by atoms with Crippen molar-refractivity contribution in [1.29, 1.82) is 0 Å². The molecule has 1 fully saturated rings. The van der Waals surface area contributed by atoms with Crippen LogP contribution in [0.2, 0.25) is 0 Å². The van der Waals surface area contributed by atoms with Crippen molar-refractivity contribution in [2.75, 3.05) is 13.6 Å².